The summed E-state index contributed by atoms with van der Waals surface area (Å²) in [6, 6.07) is 17.0. The summed E-state index contributed by atoms with van der Waals surface area (Å²) in [6.07, 6.45) is 0.249. The van der Waals surface area contributed by atoms with Gasteiger partial charge in [0.1, 0.15) is 5.69 Å². The Morgan fingerprint density at radius 1 is 1.03 bits per heavy atom. The van der Waals surface area contributed by atoms with Crippen LogP contribution in [0.1, 0.15) is 46.6 Å². The molecule has 184 valence electrons. The normalized spacial score (nSPS) is 17.9. The molecule has 10 nitrogen and oxygen atoms in total. The van der Waals surface area contributed by atoms with Crippen LogP contribution >= 0.6 is 0 Å². The van der Waals surface area contributed by atoms with E-state index in [1.165, 1.54) is 6.07 Å². The number of fused-ring (bicyclic) bond motifs is 1. The van der Waals surface area contributed by atoms with Gasteiger partial charge in [-0.25, -0.2) is 0 Å². The smallest absolute Gasteiger partial charge is 0.303 e. The summed E-state index contributed by atoms with van der Waals surface area (Å²) in [7, 11) is 0. The molecule has 0 fully saturated rings. The molecule has 1 aliphatic carbocycles. The number of carboxylic acids is 1. The highest BCUT2D eigenvalue weighted by Crippen LogP contribution is 2.45. The van der Waals surface area contributed by atoms with Gasteiger partial charge in [-0.3, -0.25) is 30.4 Å². The number of aryl methyl sites for hydroxylation is 2. The number of anilines is 1. The number of non-ortho nitro benzene ring substituents is 1. The third-order valence-electron chi connectivity index (χ3n) is 6.53. The lowest BCUT2D eigenvalue weighted by Gasteiger charge is -2.36. The van der Waals surface area contributed by atoms with Crippen LogP contribution in [0.15, 0.2) is 65.8 Å². The number of benzene rings is 3. The molecule has 36 heavy (non-hydrogen) atoms. The molecule has 0 saturated carbocycles. The minimum atomic E-state index is -0.922. The van der Waals surface area contributed by atoms with Crippen molar-refractivity contribution in [3.05, 3.63) is 109 Å². The maximum absolute atomic E-state index is 11.8. The van der Waals surface area contributed by atoms with E-state index in [0.717, 1.165) is 39.9 Å². The van der Waals surface area contributed by atoms with E-state index in [0.29, 0.717) is 12.1 Å². The van der Waals surface area contributed by atoms with Crippen molar-refractivity contribution < 1.29 is 19.7 Å². The van der Waals surface area contributed by atoms with Crippen molar-refractivity contribution >= 4 is 28.7 Å². The van der Waals surface area contributed by atoms with Crippen LogP contribution in [0.4, 0.5) is 17.1 Å². The maximum atomic E-state index is 11.8. The molecule has 0 bridgehead atoms. The Balaban J connectivity index is 1.82. The van der Waals surface area contributed by atoms with Crippen LogP contribution < -0.4 is 5.43 Å². The predicted octanol–water partition coefficient (Wildman–Crippen LogP) is 5.56. The Kier molecular flexibility index (Phi) is 6.77. The van der Waals surface area contributed by atoms with Gasteiger partial charge in [0.2, 0.25) is 0 Å². The molecule has 3 aromatic carbocycles. The molecule has 0 aliphatic heterocycles. The second-order valence-corrected chi connectivity index (χ2v) is 8.82. The van der Waals surface area contributed by atoms with Crippen molar-refractivity contribution in [3.63, 3.8) is 0 Å². The average molecular weight is 489 g/mol. The maximum Gasteiger partial charge on any atom is 0.303 e. The van der Waals surface area contributed by atoms with E-state index >= 15 is 0 Å². The second kappa shape index (κ2) is 9.95. The summed E-state index contributed by atoms with van der Waals surface area (Å²) in [5.74, 6) is -1.38. The zero-order valence-corrected chi connectivity index (χ0v) is 19.7. The van der Waals surface area contributed by atoms with Gasteiger partial charge in [0.15, 0.2) is 0 Å². The second-order valence-electron chi connectivity index (χ2n) is 8.82. The number of rotatable bonds is 7. The lowest BCUT2D eigenvalue weighted by molar-refractivity contribution is -0.393. The average Bonchev–Trinajstić information content (AvgIpc) is 2.83. The van der Waals surface area contributed by atoms with Crippen LogP contribution in [0.5, 0.6) is 0 Å². The molecule has 2 atom stereocenters. The van der Waals surface area contributed by atoms with Crippen molar-refractivity contribution in [1.29, 1.82) is 0 Å². The Labute approximate surface area is 206 Å². The molecule has 3 aromatic rings. The van der Waals surface area contributed by atoms with E-state index in [4.69, 9.17) is 0 Å². The summed E-state index contributed by atoms with van der Waals surface area (Å²) in [4.78, 5) is 33.0. The number of nitro benzene ring substituents is 2. The van der Waals surface area contributed by atoms with Crippen LogP contribution in [-0.2, 0) is 4.79 Å². The van der Waals surface area contributed by atoms with Gasteiger partial charge < -0.3 is 5.11 Å². The molecular formula is C26H24N4O6. The van der Waals surface area contributed by atoms with E-state index in [9.17, 15) is 30.1 Å². The molecule has 0 saturated heterocycles. The predicted molar refractivity (Wildman–Crippen MR) is 134 cm³/mol. The molecular weight excluding hydrogens is 464 g/mol. The summed E-state index contributed by atoms with van der Waals surface area (Å²) >= 11 is 0. The fourth-order valence-corrected chi connectivity index (χ4v) is 4.93. The Hall–Kier alpha value is -4.60. The van der Waals surface area contributed by atoms with Crippen molar-refractivity contribution in [2.45, 2.75) is 32.6 Å². The molecule has 4 rings (SSSR count). The molecule has 2 unspecified atom stereocenters. The SMILES string of the molecule is Cc1ccccc1C1c2c(C)cccc2/C(=N\Nc2ccc([N+](=O)[O-])cc2[N+](=O)[O-])CC1CC(=O)O. The lowest BCUT2D eigenvalue weighted by Crippen LogP contribution is -2.30. The van der Waals surface area contributed by atoms with Gasteiger partial charge in [0.25, 0.3) is 5.69 Å². The van der Waals surface area contributed by atoms with E-state index in [1.807, 2.05) is 56.3 Å². The zero-order chi connectivity index (χ0) is 26.0. The summed E-state index contributed by atoms with van der Waals surface area (Å²) in [5, 5.41) is 36.7. The molecule has 0 spiro atoms. The third kappa shape index (κ3) is 4.78. The van der Waals surface area contributed by atoms with Crippen LogP contribution in [0.25, 0.3) is 0 Å². The minimum absolute atomic E-state index is 0.00288. The van der Waals surface area contributed by atoms with Crippen molar-refractivity contribution in [2.75, 3.05) is 5.43 Å². The number of nitrogens with one attached hydrogen (secondary N) is 1. The van der Waals surface area contributed by atoms with Crippen LogP contribution in [-0.4, -0.2) is 26.6 Å². The van der Waals surface area contributed by atoms with Gasteiger partial charge in [-0.1, -0.05) is 42.5 Å². The van der Waals surface area contributed by atoms with Crippen LogP contribution in [0.3, 0.4) is 0 Å². The number of nitro groups is 2. The number of hydrogen-bond acceptors (Lipinski definition) is 7. The van der Waals surface area contributed by atoms with Crippen LogP contribution in [0, 0.1) is 40.0 Å². The van der Waals surface area contributed by atoms with Crippen molar-refractivity contribution in [1.82, 2.24) is 0 Å². The first-order valence-electron chi connectivity index (χ1n) is 11.3. The number of carbonyl (C=O) groups is 1. The first-order chi connectivity index (χ1) is 17.2. The Morgan fingerprint density at radius 2 is 1.75 bits per heavy atom. The monoisotopic (exact) mass is 488 g/mol. The first-order valence-corrected chi connectivity index (χ1v) is 11.3. The number of hydrazone groups is 1. The number of aliphatic carboxylic acids is 1. The van der Waals surface area contributed by atoms with Gasteiger partial charge in [0, 0.05) is 24.0 Å². The van der Waals surface area contributed by atoms with E-state index in [1.54, 1.807) is 0 Å². The highest BCUT2D eigenvalue weighted by Gasteiger charge is 2.37. The van der Waals surface area contributed by atoms with E-state index < -0.39 is 27.2 Å². The Morgan fingerprint density at radius 3 is 2.42 bits per heavy atom. The zero-order valence-electron chi connectivity index (χ0n) is 19.7. The van der Waals surface area contributed by atoms with Crippen LogP contribution in [0.2, 0.25) is 0 Å². The summed E-state index contributed by atoms with van der Waals surface area (Å²) in [6.45, 7) is 3.98. The fraction of sp³-hybridized carbons (Fsp3) is 0.231. The standard InChI is InChI=1S/C26H24N4O6/c1-15-6-3-4-8-19(15)26-17(13-24(31)32)12-22(20-9-5-7-16(2)25(20)26)28-27-21-11-10-18(29(33)34)14-23(21)30(35)36/h3-11,14,17,26-27H,12-13H2,1-2H3,(H,31,32)/b28-22-. The molecule has 0 radical (unpaired) electrons. The van der Waals surface area contributed by atoms with Gasteiger partial charge in [-0.2, -0.15) is 5.10 Å². The molecule has 0 aromatic heterocycles. The highest BCUT2D eigenvalue weighted by molar-refractivity contribution is 6.04. The minimum Gasteiger partial charge on any atom is -0.481 e. The molecule has 0 amide bonds. The van der Waals surface area contributed by atoms with Gasteiger partial charge in [0.05, 0.1) is 21.6 Å². The lowest BCUT2D eigenvalue weighted by atomic mass is 9.68. The van der Waals surface area contributed by atoms with Gasteiger partial charge >= 0.3 is 11.7 Å². The summed E-state index contributed by atoms with van der Waals surface area (Å²) in [5.41, 5.74) is 7.31. The third-order valence-corrected chi connectivity index (χ3v) is 6.53. The van der Waals surface area contributed by atoms with Crippen molar-refractivity contribution in [2.24, 2.45) is 11.0 Å². The molecule has 10 heteroatoms. The number of nitrogens with zero attached hydrogens (tertiary/aromatic N) is 3. The molecule has 2 N–H and O–H groups in total. The van der Waals surface area contributed by atoms with Gasteiger partial charge in [-0.05, 0) is 54.5 Å². The largest absolute Gasteiger partial charge is 0.481 e. The fourth-order valence-electron chi connectivity index (χ4n) is 4.93. The Bertz CT molecular complexity index is 1400. The van der Waals surface area contributed by atoms with Gasteiger partial charge in [-0.15, -0.1) is 0 Å². The molecule has 1 aliphatic rings. The van der Waals surface area contributed by atoms with E-state index in [2.05, 4.69) is 10.5 Å². The quantitative estimate of drug-likeness (QED) is 0.326. The molecule has 0 heterocycles. The van der Waals surface area contributed by atoms with E-state index in [-0.39, 0.29) is 23.9 Å². The number of carboxylic acid groups (broad SMARTS) is 1. The summed E-state index contributed by atoms with van der Waals surface area (Å²) < 4.78 is 0. The number of hydrogen-bond donors (Lipinski definition) is 2. The highest BCUT2D eigenvalue weighted by atomic mass is 16.6. The first kappa shape index (κ1) is 24.5. The van der Waals surface area contributed by atoms with Crippen molar-refractivity contribution in [3.8, 4) is 0 Å². The topological polar surface area (TPSA) is 148 Å².